The van der Waals surface area contributed by atoms with Crippen LogP contribution in [-0.2, 0) is 16.1 Å². The molecule has 0 unspecified atom stereocenters. The smallest absolute Gasteiger partial charge is 0.338 e. The van der Waals surface area contributed by atoms with Crippen LogP contribution in [-0.4, -0.2) is 42.5 Å². The van der Waals surface area contributed by atoms with Crippen molar-refractivity contribution in [1.82, 2.24) is 9.13 Å². The molecule has 51 heavy (non-hydrogen) atoms. The van der Waals surface area contributed by atoms with Crippen LogP contribution in [0.3, 0.4) is 0 Å². The topological polar surface area (TPSA) is 93.3 Å². The van der Waals surface area contributed by atoms with Gasteiger partial charge in [-0.05, 0) is 56.3 Å². The van der Waals surface area contributed by atoms with Crippen molar-refractivity contribution in [2.24, 2.45) is 4.99 Å². The van der Waals surface area contributed by atoms with Crippen molar-refractivity contribution in [3.05, 3.63) is 151 Å². The highest BCUT2D eigenvalue weighted by molar-refractivity contribution is 7.07. The standard InChI is InChI=1S/C41H37N3O6S/c1-5-49-40(46)36-37(27-11-7-6-8-12-27)42-41-44(38(36)32-24-30(47-3)19-20-34(32)48-4)39(45)35(51-41)23-28-25-43(33-14-10-9-13-31(28)33)21-22-50-29-17-15-26(2)16-18-29/h6-20,23-25,38H,5,21-22H2,1-4H3/b35-23-/t38-/m0/s1. The molecule has 3 heterocycles. The number of rotatable bonds is 11. The Hall–Kier alpha value is -5.87. The molecule has 7 rings (SSSR count). The van der Waals surface area contributed by atoms with Crippen LogP contribution < -0.4 is 29.1 Å². The minimum atomic E-state index is -0.914. The number of hydrogen-bond acceptors (Lipinski definition) is 8. The van der Waals surface area contributed by atoms with E-state index >= 15 is 0 Å². The molecule has 1 aliphatic rings. The number of hydrogen-bond donors (Lipinski definition) is 0. The van der Waals surface area contributed by atoms with E-state index in [1.807, 2.05) is 92.0 Å². The number of aryl methyl sites for hydroxylation is 1. The van der Waals surface area contributed by atoms with Crippen molar-refractivity contribution >= 4 is 40.0 Å². The fourth-order valence-electron chi connectivity index (χ4n) is 6.40. The zero-order valence-corrected chi connectivity index (χ0v) is 29.6. The third-order valence-electron chi connectivity index (χ3n) is 8.83. The van der Waals surface area contributed by atoms with Gasteiger partial charge in [0, 0.05) is 33.8 Å². The van der Waals surface area contributed by atoms with Crippen molar-refractivity contribution in [2.75, 3.05) is 27.4 Å². The fourth-order valence-corrected chi connectivity index (χ4v) is 7.39. The molecule has 0 aliphatic carbocycles. The Balaban J connectivity index is 1.40. The average Bonchev–Trinajstić information content (AvgIpc) is 3.67. The average molecular weight is 700 g/mol. The van der Waals surface area contributed by atoms with Crippen LogP contribution >= 0.6 is 11.3 Å². The first kappa shape index (κ1) is 33.6. The highest BCUT2D eigenvalue weighted by atomic mass is 32.1. The van der Waals surface area contributed by atoms with Gasteiger partial charge < -0.3 is 23.5 Å². The Kier molecular flexibility index (Phi) is 9.59. The number of esters is 1. The van der Waals surface area contributed by atoms with E-state index in [-0.39, 0.29) is 17.7 Å². The van der Waals surface area contributed by atoms with Gasteiger partial charge in [0.05, 0.1) is 43.2 Å². The van der Waals surface area contributed by atoms with Crippen molar-refractivity contribution in [3.8, 4) is 17.2 Å². The van der Waals surface area contributed by atoms with E-state index in [1.54, 1.807) is 43.9 Å². The number of fused-ring (bicyclic) bond motifs is 2. The van der Waals surface area contributed by atoms with Gasteiger partial charge in [0.15, 0.2) is 4.80 Å². The molecule has 1 aliphatic heterocycles. The molecule has 2 aromatic heterocycles. The molecule has 0 spiro atoms. The molecule has 6 aromatic rings. The maximum absolute atomic E-state index is 14.6. The minimum absolute atomic E-state index is 0.150. The lowest BCUT2D eigenvalue weighted by Crippen LogP contribution is -2.40. The van der Waals surface area contributed by atoms with Crippen LogP contribution in [0.2, 0.25) is 0 Å². The van der Waals surface area contributed by atoms with Gasteiger partial charge in [-0.1, -0.05) is 77.6 Å². The highest BCUT2D eigenvalue weighted by Gasteiger charge is 2.37. The summed E-state index contributed by atoms with van der Waals surface area (Å²) in [6.45, 7) is 5.04. The molecular weight excluding hydrogens is 663 g/mol. The van der Waals surface area contributed by atoms with Crippen molar-refractivity contribution < 1.29 is 23.7 Å². The Labute approximate surface area is 298 Å². The predicted octanol–water partition coefficient (Wildman–Crippen LogP) is 6.29. The monoisotopic (exact) mass is 699 g/mol. The third-order valence-corrected chi connectivity index (χ3v) is 9.82. The Morgan fingerprint density at radius 1 is 0.922 bits per heavy atom. The maximum atomic E-state index is 14.6. The van der Waals surface area contributed by atoms with Gasteiger partial charge in [0.25, 0.3) is 5.56 Å². The Bertz CT molecular complexity index is 2440. The fraction of sp³-hybridized carbons (Fsp3) is 0.195. The molecule has 0 amide bonds. The van der Waals surface area contributed by atoms with Gasteiger partial charge >= 0.3 is 5.97 Å². The lowest BCUT2D eigenvalue weighted by Gasteiger charge is -2.27. The van der Waals surface area contributed by atoms with Crippen LogP contribution in [0.4, 0.5) is 0 Å². The van der Waals surface area contributed by atoms with Crippen LogP contribution in [0.15, 0.2) is 119 Å². The summed E-state index contributed by atoms with van der Waals surface area (Å²) in [6.07, 6.45) is 3.95. The molecule has 10 heteroatoms. The second-order valence-electron chi connectivity index (χ2n) is 12.0. The van der Waals surface area contributed by atoms with Gasteiger partial charge in [-0.15, -0.1) is 0 Å². The zero-order chi connectivity index (χ0) is 35.5. The first-order valence-electron chi connectivity index (χ1n) is 16.7. The number of methoxy groups -OCH3 is 2. The molecule has 258 valence electrons. The first-order valence-corrected chi connectivity index (χ1v) is 17.5. The van der Waals surface area contributed by atoms with Gasteiger partial charge in [-0.3, -0.25) is 9.36 Å². The molecule has 0 saturated carbocycles. The van der Waals surface area contributed by atoms with E-state index < -0.39 is 12.0 Å². The highest BCUT2D eigenvalue weighted by Crippen LogP contribution is 2.40. The summed E-state index contributed by atoms with van der Waals surface area (Å²) >= 11 is 1.27. The molecular formula is C41H37N3O6S. The molecule has 0 fully saturated rings. The minimum Gasteiger partial charge on any atom is -0.497 e. The second-order valence-corrected chi connectivity index (χ2v) is 13.0. The maximum Gasteiger partial charge on any atom is 0.338 e. The summed E-state index contributed by atoms with van der Waals surface area (Å²) < 4.78 is 27.2. The Morgan fingerprint density at radius 2 is 1.67 bits per heavy atom. The number of benzene rings is 4. The normalized spacial score (nSPS) is 14.3. The van der Waals surface area contributed by atoms with E-state index in [0.29, 0.717) is 45.2 Å². The van der Waals surface area contributed by atoms with Crippen LogP contribution in [0, 0.1) is 6.92 Å². The number of carbonyl (C=O) groups is 1. The quantitative estimate of drug-likeness (QED) is 0.148. The van der Waals surface area contributed by atoms with Crippen LogP contribution in [0.25, 0.3) is 22.7 Å². The molecule has 9 nitrogen and oxygen atoms in total. The molecule has 0 bridgehead atoms. The molecule has 0 saturated heterocycles. The predicted molar refractivity (Wildman–Crippen MR) is 199 cm³/mol. The van der Waals surface area contributed by atoms with Crippen molar-refractivity contribution in [1.29, 1.82) is 0 Å². The summed E-state index contributed by atoms with van der Waals surface area (Å²) in [5.41, 5.74) is 4.76. The molecule has 4 aromatic carbocycles. The van der Waals surface area contributed by atoms with E-state index in [4.69, 9.17) is 23.9 Å². The number of aromatic nitrogens is 2. The van der Waals surface area contributed by atoms with Gasteiger partial charge in [-0.25, -0.2) is 9.79 Å². The molecule has 0 radical (unpaired) electrons. The van der Waals surface area contributed by atoms with Crippen LogP contribution in [0.1, 0.15) is 35.2 Å². The number of thiazole rings is 1. The van der Waals surface area contributed by atoms with Gasteiger partial charge in [-0.2, -0.15) is 0 Å². The first-order chi connectivity index (χ1) is 24.9. The largest absolute Gasteiger partial charge is 0.497 e. The zero-order valence-electron chi connectivity index (χ0n) is 28.8. The summed E-state index contributed by atoms with van der Waals surface area (Å²) in [5.74, 6) is 1.29. The molecule has 0 N–H and O–H groups in total. The summed E-state index contributed by atoms with van der Waals surface area (Å²) in [5, 5.41) is 1.00. The lowest BCUT2D eigenvalue weighted by molar-refractivity contribution is -0.138. The third kappa shape index (κ3) is 6.58. The SMILES string of the molecule is CCOC(=O)C1=C(c2ccccc2)N=c2s/c(=C\c3cn(CCOc4ccc(C)cc4)c4ccccc34)c(=O)n2[C@H]1c1cc(OC)ccc1OC. The van der Waals surface area contributed by atoms with E-state index in [9.17, 15) is 9.59 Å². The summed E-state index contributed by atoms with van der Waals surface area (Å²) in [6, 6.07) is 30.0. The van der Waals surface area contributed by atoms with E-state index in [1.165, 1.54) is 16.9 Å². The molecule has 1 atom stereocenters. The second kappa shape index (κ2) is 14.5. The number of para-hydroxylation sites is 1. The number of ether oxygens (including phenoxy) is 4. The lowest BCUT2D eigenvalue weighted by atomic mass is 9.92. The van der Waals surface area contributed by atoms with Gasteiger partial charge in [0.2, 0.25) is 0 Å². The van der Waals surface area contributed by atoms with E-state index in [2.05, 4.69) is 10.6 Å². The van der Waals surface area contributed by atoms with E-state index in [0.717, 1.165) is 27.8 Å². The summed E-state index contributed by atoms with van der Waals surface area (Å²) in [4.78, 5) is 34.0. The number of nitrogens with zero attached hydrogens (tertiary/aromatic N) is 3. The number of carbonyl (C=O) groups excluding carboxylic acids is 1. The van der Waals surface area contributed by atoms with Gasteiger partial charge in [0.1, 0.15) is 29.9 Å². The van der Waals surface area contributed by atoms with Crippen molar-refractivity contribution in [2.45, 2.75) is 26.4 Å². The summed E-state index contributed by atoms with van der Waals surface area (Å²) in [7, 11) is 3.13. The van der Waals surface area contributed by atoms with Crippen molar-refractivity contribution in [3.63, 3.8) is 0 Å². The van der Waals surface area contributed by atoms with Crippen LogP contribution in [0.5, 0.6) is 17.2 Å². The Morgan fingerprint density at radius 3 is 2.41 bits per heavy atom.